The number of hydrogen-bond acceptors (Lipinski definition) is 5. The third-order valence-electron chi connectivity index (χ3n) is 5.08. The second kappa shape index (κ2) is 11.3. The number of amides is 2. The van der Waals surface area contributed by atoms with Crippen LogP contribution in [0.1, 0.15) is 37.8 Å². The van der Waals surface area contributed by atoms with Crippen molar-refractivity contribution >= 4 is 57.2 Å². The number of aromatic nitrogens is 2. The van der Waals surface area contributed by atoms with Gasteiger partial charge in [-0.05, 0) is 48.9 Å². The molecule has 3 rings (SSSR count). The van der Waals surface area contributed by atoms with E-state index in [4.69, 9.17) is 4.74 Å². The molecule has 1 fully saturated rings. The normalized spacial score (nSPS) is 14.5. The predicted molar refractivity (Wildman–Crippen MR) is 123 cm³/mol. The monoisotopic (exact) mass is 459 g/mol. The molecule has 2 N–H and O–H groups in total. The molecule has 166 valence electrons. The minimum atomic E-state index is -4.15. The molecule has 9 nitrogen and oxygen atoms in total. The third-order valence-corrected chi connectivity index (χ3v) is 6.55. The van der Waals surface area contributed by atoms with Gasteiger partial charge in [0, 0.05) is 32.1 Å². The number of urea groups is 1. The molecule has 1 aromatic heterocycles. The molecular formula is C20H30N5NaO4S. The van der Waals surface area contributed by atoms with E-state index in [1.807, 2.05) is 26.0 Å². The van der Waals surface area contributed by atoms with Gasteiger partial charge in [-0.2, -0.15) is 13.5 Å². The van der Waals surface area contributed by atoms with E-state index in [0.29, 0.717) is 37.4 Å². The van der Waals surface area contributed by atoms with Gasteiger partial charge in [0.15, 0.2) is 0 Å². The first kappa shape index (κ1) is 25.7. The topological polar surface area (TPSA) is 106 Å². The van der Waals surface area contributed by atoms with E-state index in [2.05, 4.69) is 21.2 Å². The van der Waals surface area contributed by atoms with Crippen LogP contribution in [0.2, 0.25) is 0 Å². The van der Waals surface area contributed by atoms with Crippen LogP contribution in [0.3, 0.4) is 0 Å². The van der Waals surface area contributed by atoms with Gasteiger partial charge in [0.25, 0.3) is 0 Å². The zero-order valence-corrected chi connectivity index (χ0v) is 18.4. The summed E-state index contributed by atoms with van der Waals surface area (Å²) in [5, 5.41) is 6.74. The van der Waals surface area contributed by atoms with Crippen molar-refractivity contribution < 1.29 is 17.9 Å². The number of carbonyl (C=O) groups is 1. The summed E-state index contributed by atoms with van der Waals surface area (Å²) >= 11 is 0. The van der Waals surface area contributed by atoms with Crippen LogP contribution in [0, 0.1) is 0 Å². The molecule has 1 saturated heterocycles. The zero-order chi connectivity index (χ0) is 21.7. The molecule has 31 heavy (non-hydrogen) atoms. The number of nitrogens with zero attached hydrogens (tertiary/aromatic N) is 3. The van der Waals surface area contributed by atoms with E-state index in [0.717, 1.165) is 24.0 Å². The quantitative estimate of drug-likeness (QED) is 0.616. The molecule has 1 aromatic carbocycles. The maximum atomic E-state index is 13.2. The van der Waals surface area contributed by atoms with Crippen LogP contribution in [0.25, 0.3) is 0 Å². The fraction of sp³-hybridized carbons (Fsp3) is 0.500. The molecule has 0 radical (unpaired) electrons. The Morgan fingerprint density at radius 3 is 2.32 bits per heavy atom. The van der Waals surface area contributed by atoms with Gasteiger partial charge < -0.3 is 10.1 Å². The van der Waals surface area contributed by atoms with E-state index in [1.165, 1.54) is 15.2 Å². The van der Waals surface area contributed by atoms with Crippen molar-refractivity contribution in [1.82, 2.24) is 14.5 Å². The first-order valence-electron chi connectivity index (χ1n) is 10.1. The van der Waals surface area contributed by atoms with E-state index in [9.17, 15) is 13.2 Å². The van der Waals surface area contributed by atoms with E-state index in [1.54, 1.807) is 13.2 Å². The Morgan fingerprint density at radius 2 is 1.81 bits per heavy atom. The van der Waals surface area contributed by atoms with Crippen molar-refractivity contribution in [1.29, 1.82) is 0 Å². The number of ether oxygens (including phenoxy) is 1. The number of hydrogen-bond donors (Lipinski definition) is 2. The molecule has 2 amide bonds. The van der Waals surface area contributed by atoms with Gasteiger partial charge in [-0.3, -0.25) is 4.68 Å². The molecule has 0 saturated carbocycles. The van der Waals surface area contributed by atoms with Crippen molar-refractivity contribution in [2.24, 2.45) is 7.05 Å². The summed E-state index contributed by atoms with van der Waals surface area (Å²) in [6, 6.07) is 4.66. The van der Waals surface area contributed by atoms with Gasteiger partial charge in [-0.25, -0.2) is 13.8 Å². The summed E-state index contributed by atoms with van der Waals surface area (Å²) in [4.78, 5) is 12.6. The molecule has 0 aliphatic carbocycles. The molecule has 0 unspecified atom stereocenters. The fourth-order valence-electron chi connectivity index (χ4n) is 3.55. The van der Waals surface area contributed by atoms with Gasteiger partial charge in [-0.15, -0.1) is 0 Å². The zero-order valence-electron chi connectivity index (χ0n) is 17.6. The van der Waals surface area contributed by atoms with Gasteiger partial charge in [0.1, 0.15) is 0 Å². The second-order valence-corrected chi connectivity index (χ2v) is 8.87. The summed E-state index contributed by atoms with van der Waals surface area (Å²) in [6.45, 7) is 4.99. The summed E-state index contributed by atoms with van der Waals surface area (Å²) in [5.74, 6) is 0. The molecule has 0 spiro atoms. The molecular weight excluding hydrogens is 429 g/mol. The number of benzene rings is 1. The molecule has 11 heteroatoms. The van der Waals surface area contributed by atoms with Gasteiger partial charge in [0.05, 0.1) is 17.9 Å². The third kappa shape index (κ3) is 6.69. The Morgan fingerprint density at radius 1 is 1.19 bits per heavy atom. The number of aryl methyl sites for hydroxylation is 3. The Labute approximate surface area is 206 Å². The van der Waals surface area contributed by atoms with Gasteiger partial charge >= 0.3 is 45.8 Å². The number of anilines is 2. The van der Waals surface area contributed by atoms with Crippen LogP contribution in [-0.2, 0) is 34.8 Å². The van der Waals surface area contributed by atoms with Crippen LogP contribution in [0.15, 0.2) is 30.6 Å². The number of carbonyl (C=O) groups excluding carboxylic acids is 1. The van der Waals surface area contributed by atoms with Gasteiger partial charge in [-0.1, -0.05) is 19.9 Å². The van der Waals surface area contributed by atoms with E-state index in [-0.39, 0.29) is 35.6 Å². The van der Waals surface area contributed by atoms with Crippen LogP contribution >= 0.6 is 0 Å². The van der Waals surface area contributed by atoms with Crippen LogP contribution in [0.5, 0.6) is 0 Å². The summed E-state index contributed by atoms with van der Waals surface area (Å²) in [5.41, 5.74) is 3.13. The molecule has 2 heterocycles. The number of rotatable bonds is 7. The minimum absolute atomic E-state index is 0. The van der Waals surface area contributed by atoms with E-state index >= 15 is 0 Å². The molecule has 2 aromatic rings. The van der Waals surface area contributed by atoms with Crippen molar-refractivity contribution in [3.63, 3.8) is 0 Å². The number of nitrogens with one attached hydrogen (secondary N) is 2. The first-order valence-corrected chi connectivity index (χ1v) is 11.6. The molecule has 0 atom stereocenters. The standard InChI is InChI=1S/C20H29N5O4S.Na.H/c1-4-15-10-16(5-2)12-17(11-15)22-20(26)23-30(27,28)25(18-6-8-29-9-7-18)19-13-21-24(3)14-19;;/h10-14,18H,4-9H2,1-3H3,(H2,22,23,26);;. The Hall–Kier alpha value is -1.59. The summed E-state index contributed by atoms with van der Waals surface area (Å²) < 4.78 is 36.6. The Balaban J connectivity index is 0.00000341. The molecule has 0 bridgehead atoms. The van der Waals surface area contributed by atoms with Crippen molar-refractivity contribution in [2.45, 2.75) is 45.6 Å². The predicted octanol–water partition coefficient (Wildman–Crippen LogP) is 1.95. The SMILES string of the molecule is CCc1cc(CC)cc(NC(=O)NS(=O)(=O)N(c2cnn(C)c2)C2CCOCC2)c1.[NaH]. The summed E-state index contributed by atoms with van der Waals surface area (Å²) in [7, 11) is -2.44. The average molecular weight is 460 g/mol. The fourth-order valence-corrected chi connectivity index (χ4v) is 4.91. The summed E-state index contributed by atoms with van der Waals surface area (Å²) in [6.07, 6.45) is 5.81. The second-order valence-electron chi connectivity index (χ2n) is 7.32. The van der Waals surface area contributed by atoms with Gasteiger partial charge in [0.2, 0.25) is 0 Å². The first-order chi connectivity index (χ1) is 14.3. The Kier molecular flexibility index (Phi) is 9.38. The average Bonchev–Trinajstić information content (AvgIpc) is 3.13. The molecule has 1 aliphatic heterocycles. The van der Waals surface area contributed by atoms with Crippen LogP contribution in [-0.4, -0.2) is 73.0 Å². The van der Waals surface area contributed by atoms with E-state index < -0.39 is 16.2 Å². The van der Waals surface area contributed by atoms with Crippen LogP contribution < -0.4 is 14.3 Å². The van der Waals surface area contributed by atoms with Crippen molar-refractivity contribution in [3.05, 3.63) is 41.7 Å². The Bertz CT molecular complexity index is 967. The molecule has 1 aliphatic rings. The van der Waals surface area contributed by atoms with Crippen molar-refractivity contribution in [3.8, 4) is 0 Å². The maximum absolute atomic E-state index is 13.2. The van der Waals surface area contributed by atoms with Crippen molar-refractivity contribution in [2.75, 3.05) is 22.8 Å². The van der Waals surface area contributed by atoms with Crippen LogP contribution in [0.4, 0.5) is 16.2 Å².